The van der Waals surface area contributed by atoms with Crippen molar-refractivity contribution in [2.75, 3.05) is 0 Å². The maximum atomic E-state index is 14.6. The molecule has 0 amide bonds. The van der Waals surface area contributed by atoms with Gasteiger partial charge in [-0.1, -0.05) is 18.2 Å². The molecule has 110 valence electrons. The molecule has 0 saturated heterocycles. The monoisotopic (exact) mass is 300 g/mol. The standard InChI is InChI=1S/C14H17FO4S/c1-13(2,3)19-12(16)11-9-14(11,15)20(17,18)10-7-5-4-6-8-10/h4-8,11H,9H2,1-3H3/t11-,14+/m0/s1. The first kappa shape index (κ1) is 15.0. The Labute approximate surface area is 117 Å². The van der Waals surface area contributed by atoms with Gasteiger partial charge in [0.1, 0.15) is 11.5 Å². The van der Waals surface area contributed by atoms with Gasteiger partial charge in [0.25, 0.3) is 0 Å². The van der Waals surface area contributed by atoms with Gasteiger partial charge in [0, 0.05) is 6.42 Å². The molecule has 1 aliphatic carbocycles. The maximum Gasteiger partial charge on any atom is 0.314 e. The minimum atomic E-state index is -4.18. The zero-order valence-corrected chi connectivity index (χ0v) is 12.4. The second-order valence-corrected chi connectivity index (χ2v) is 8.05. The highest BCUT2D eigenvalue weighted by molar-refractivity contribution is 7.93. The average Bonchev–Trinajstić information content (AvgIpc) is 3.03. The van der Waals surface area contributed by atoms with E-state index in [4.69, 9.17) is 4.74 Å². The van der Waals surface area contributed by atoms with Crippen molar-refractivity contribution in [2.24, 2.45) is 5.92 Å². The first-order valence-electron chi connectivity index (χ1n) is 6.29. The minimum absolute atomic E-state index is 0.117. The minimum Gasteiger partial charge on any atom is -0.460 e. The molecule has 6 heteroatoms. The molecular formula is C14H17FO4S. The molecular weight excluding hydrogens is 283 g/mol. The van der Waals surface area contributed by atoms with E-state index in [9.17, 15) is 17.6 Å². The number of carbonyl (C=O) groups excluding carboxylic acids is 1. The number of sulfone groups is 1. The average molecular weight is 300 g/mol. The molecule has 1 fully saturated rings. The summed E-state index contributed by atoms with van der Waals surface area (Å²) in [5.41, 5.74) is -0.767. The SMILES string of the molecule is CC(C)(C)OC(=O)[C@@H]1C[C@@]1(F)S(=O)(=O)c1ccccc1. The number of alkyl halides is 1. The molecule has 0 unspecified atom stereocenters. The van der Waals surface area contributed by atoms with Gasteiger partial charge in [-0.3, -0.25) is 4.79 Å². The zero-order valence-electron chi connectivity index (χ0n) is 11.6. The lowest BCUT2D eigenvalue weighted by molar-refractivity contribution is -0.157. The quantitative estimate of drug-likeness (QED) is 0.805. The van der Waals surface area contributed by atoms with Crippen LogP contribution in [0.3, 0.4) is 0 Å². The van der Waals surface area contributed by atoms with Gasteiger partial charge >= 0.3 is 5.97 Å². The second-order valence-electron chi connectivity index (χ2n) is 5.89. The van der Waals surface area contributed by atoms with Crippen molar-refractivity contribution in [3.8, 4) is 0 Å². The summed E-state index contributed by atoms with van der Waals surface area (Å²) in [5, 5.41) is -2.54. The Hall–Kier alpha value is -1.43. The molecule has 0 N–H and O–H groups in total. The molecule has 1 aromatic carbocycles. The molecule has 0 aromatic heterocycles. The third kappa shape index (κ3) is 2.57. The van der Waals surface area contributed by atoms with Gasteiger partial charge in [-0.15, -0.1) is 0 Å². The molecule has 1 aromatic rings. The van der Waals surface area contributed by atoms with E-state index in [0.717, 1.165) is 0 Å². The topological polar surface area (TPSA) is 60.4 Å². The van der Waals surface area contributed by atoms with Crippen molar-refractivity contribution in [1.29, 1.82) is 0 Å². The van der Waals surface area contributed by atoms with Crippen LogP contribution in [0.1, 0.15) is 27.2 Å². The van der Waals surface area contributed by atoms with Gasteiger partial charge in [0.05, 0.1) is 4.90 Å². The van der Waals surface area contributed by atoms with Crippen LogP contribution in [-0.4, -0.2) is 25.0 Å². The van der Waals surface area contributed by atoms with Crippen LogP contribution < -0.4 is 0 Å². The van der Waals surface area contributed by atoms with Gasteiger partial charge in [-0.05, 0) is 32.9 Å². The summed E-state index contributed by atoms with van der Waals surface area (Å²) in [6, 6.07) is 7.31. The maximum absolute atomic E-state index is 14.6. The molecule has 0 aliphatic heterocycles. The van der Waals surface area contributed by atoms with Crippen LogP contribution in [0.5, 0.6) is 0 Å². The van der Waals surface area contributed by atoms with E-state index in [-0.39, 0.29) is 11.3 Å². The molecule has 0 spiro atoms. The van der Waals surface area contributed by atoms with Crippen LogP contribution in [0.25, 0.3) is 0 Å². The summed E-state index contributed by atoms with van der Waals surface area (Å²) in [5.74, 6) is -2.05. The van der Waals surface area contributed by atoms with E-state index < -0.39 is 32.3 Å². The normalized spacial score (nSPS) is 26.1. The van der Waals surface area contributed by atoms with Crippen LogP contribution in [0.2, 0.25) is 0 Å². The molecule has 2 rings (SSSR count). The fraction of sp³-hybridized carbons (Fsp3) is 0.500. The largest absolute Gasteiger partial charge is 0.460 e. The summed E-state index contributed by atoms with van der Waals surface area (Å²) in [6.07, 6.45) is -0.348. The Morgan fingerprint density at radius 1 is 1.30 bits per heavy atom. The lowest BCUT2D eigenvalue weighted by Crippen LogP contribution is -2.29. The number of rotatable bonds is 3. The first-order valence-corrected chi connectivity index (χ1v) is 7.78. The number of ether oxygens (including phenoxy) is 1. The Morgan fingerprint density at radius 2 is 1.85 bits per heavy atom. The molecule has 0 heterocycles. The van der Waals surface area contributed by atoms with Gasteiger partial charge in [-0.25, -0.2) is 12.8 Å². The smallest absolute Gasteiger partial charge is 0.314 e. The van der Waals surface area contributed by atoms with E-state index in [1.165, 1.54) is 24.3 Å². The van der Waals surface area contributed by atoms with E-state index in [1.54, 1.807) is 26.8 Å². The molecule has 1 saturated carbocycles. The summed E-state index contributed by atoms with van der Waals surface area (Å²) in [7, 11) is -4.18. The van der Waals surface area contributed by atoms with E-state index in [1.807, 2.05) is 0 Å². The second kappa shape index (κ2) is 4.55. The highest BCUT2D eigenvalue weighted by atomic mass is 32.2. The molecule has 4 nitrogen and oxygen atoms in total. The summed E-state index contributed by atoms with van der Waals surface area (Å²) < 4.78 is 44.0. The van der Waals surface area contributed by atoms with Crippen LogP contribution in [0, 0.1) is 5.92 Å². The Bertz CT molecular complexity index is 618. The summed E-state index contributed by atoms with van der Waals surface area (Å²) in [6.45, 7) is 4.96. The molecule has 20 heavy (non-hydrogen) atoms. The van der Waals surface area contributed by atoms with E-state index >= 15 is 0 Å². The molecule has 1 aliphatic rings. The van der Waals surface area contributed by atoms with Gasteiger partial charge in [-0.2, -0.15) is 0 Å². The van der Waals surface area contributed by atoms with E-state index in [0.29, 0.717) is 0 Å². The van der Waals surface area contributed by atoms with Gasteiger partial charge in [0.15, 0.2) is 0 Å². The van der Waals surface area contributed by atoms with Crippen molar-refractivity contribution in [3.63, 3.8) is 0 Å². The van der Waals surface area contributed by atoms with Crippen molar-refractivity contribution in [2.45, 2.75) is 42.7 Å². The fourth-order valence-corrected chi connectivity index (χ4v) is 3.71. The summed E-state index contributed by atoms with van der Waals surface area (Å²) >= 11 is 0. The predicted molar refractivity (Wildman–Crippen MR) is 71.4 cm³/mol. The van der Waals surface area contributed by atoms with Crippen LogP contribution in [-0.2, 0) is 19.4 Å². The third-order valence-corrected chi connectivity index (χ3v) is 5.27. The van der Waals surface area contributed by atoms with Crippen LogP contribution >= 0.6 is 0 Å². The Balaban J connectivity index is 2.21. The number of halogens is 1. The van der Waals surface area contributed by atoms with Crippen LogP contribution in [0.15, 0.2) is 35.2 Å². The zero-order chi connectivity index (χ0) is 15.2. The first-order chi connectivity index (χ1) is 9.08. The number of carbonyl (C=O) groups is 1. The highest BCUT2D eigenvalue weighted by Gasteiger charge is 2.70. The Kier molecular flexibility index (Phi) is 3.40. The molecule has 0 radical (unpaired) electrons. The lowest BCUT2D eigenvalue weighted by Gasteiger charge is -2.20. The van der Waals surface area contributed by atoms with Crippen molar-refractivity contribution in [1.82, 2.24) is 0 Å². The van der Waals surface area contributed by atoms with Crippen molar-refractivity contribution >= 4 is 15.8 Å². The highest BCUT2D eigenvalue weighted by Crippen LogP contribution is 2.54. The van der Waals surface area contributed by atoms with Crippen molar-refractivity contribution in [3.05, 3.63) is 30.3 Å². The van der Waals surface area contributed by atoms with E-state index in [2.05, 4.69) is 0 Å². The fourth-order valence-electron chi connectivity index (χ4n) is 1.94. The predicted octanol–water partition coefficient (Wildman–Crippen LogP) is 2.49. The molecule has 2 atom stereocenters. The lowest BCUT2D eigenvalue weighted by atomic mass is 10.2. The van der Waals surface area contributed by atoms with Gasteiger partial charge in [0.2, 0.25) is 14.8 Å². The van der Waals surface area contributed by atoms with Gasteiger partial charge < -0.3 is 4.74 Å². The number of esters is 1. The number of hydrogen-bond donors (Lipinski definition) is 0. The third-order valence-electron chi connectivity index (χ3n) is 3.03. The number of benzene rings is 1. The van der Waals surface area contributed by atoms with Crippen molar-refractivity contribution < 1.29 is 22.3 Å². The Morgan fingerprint density at radius 3 is 2.35 bits per heavy atom. The van der Waals surface area contributed by atoms with Crippen LogP contribution in [0.4, 0.5) is 4.39 Å². The number of hydrogen-bond acceptors (Lipinski definition) is 4. The molecule has 0 bridgehead atoms. The summed E-state index contributed by atoms with van der Waals surface area (Å²) in [4.78, 5) is 11.7.